The van der Waals surface area contributed by atoms with Crippen LogP contribution in [0.3, 0.4) is 0 Å². The Kier molecular flexibility index (Phi) is 42.5. The van der Waals surface area contributed by atoms with E-state index in [1.807, 2.05) is 90.3 Å². The SMILES string of the molecule is CCOC(=O)/C=C/c1cncs1.CCOC(=O)CC(C[N+](=O)[O-])c1cncs1.C[C@H]1Cn2ncc(I)c2CN1C(=O)OC(C)(C)C.C[C@H]1Cn2ncc(N3CC(c4cncs4)CC3=O)c2CN1C(=O)Cc1cc(F)c(F)c(F)c1.C[C@H]1Cn2ncc(N3CC(c4cncs4)CC3=O)c2CN1C(=O)OC(C)(C)C.O=C(Nc1cc(F)c(F)c(F)c1)Oc1ccccc1.O=C1CC(c2cncs2)CN1.O=Cc1cncs1.[Fe]. The average molecular weight is 2270 g/mol. The van der Waals surface area contributed by atoms with Gasteiger partial charge in [-0.2, -0.15) is 15.3 Å². The molecule has 145 heavy (non-hydrogen) atoms. The number of para-hydroxylation sites is 1. The predicted octanol–water partition coefficient (Wildman–Crippen LogP) is 17.5. The fourth-order valence-corrected chi connectivity index (χ4v) is 19.4. The minimum absolute atomic E-state index is 0. The second-order valence-corrected chi connectivity index (χ2v) is 41.4. The van der Waals surface area contributed by atoms with E-state index in [1.165, 1.54) is 74.6 Å². The fraction of sp³-hybridized carbons (Fsp3) is 0.394. The molecule has 774 valence electrons. The second-order valence-electron chi connectivity index (χ2n) is 34.7. The van der Waals surface area contributed by atoms with Gasteiger partial charge in [-0.05, 0) is 135 Å². The summed E-state index contributed by atoms with van der Waals surface area (Å²) in [5.41, 5.74) is 13.2. The Balaban J connectivity index is 0.000000176. The van der Waals surface area contributed by atoms with E-state index in [0.717, 1.165) is 77.4 Å². The summed E-state index contributed by atoms with van der Waals surface area (Å²) in [5.74, 6) is -9.04. The number of benzene rings is 3. The minimum atomic E-state index is -1.60. The van der Waals surface area contributed by atoms with Crippen molar-refractivity contribution in [2.24, 2.45) is 0 Å². The maximum absolute atomic E-state index is 13.6. The first-order valence-electron chi connectivity index (χ1n) is 44.8. The zero-order chi connectivity index (χ0) is 104. The number of esters is 2. The summed E-state index contributed by atoms with van der Waals surface area (Å²) in [4.78, 5) is 165. The molecule has 3 fully saturated rings. The molecule has 18 rings (SSSR count). The Morgan fingerprint density at radius 1 is 0.566 bits per heavy atom. The molecular formula is C94H103F6FeIN20O17S6. The van der Waals surface area contributed by atoms with Gasteiger partial charge >= 0.3 is 30.2 Å². The van der Waals surface area contributed by atoms with Gasteiger partial charge in [-0.25, -0.2) is 45.5 Å². The van der Waals surface area contributed by atoms with Crippen LogP contribution in [0.4, 0.5) is 57.8 Å². The van der Waals surface area contributed by atoms with Gasteiger partial charge in [-0.15, -0.1) is 68.0 Å². The molecule has 4 unspecified atom stereocenters. The third kappa shape index (κ3) is 33.4. The molecule has 0 bridgehead atoms. The van der Waals surface area contributed by atoms with Gasteiger partial charge in [-0.1, -0.05) is 18.2 Å². The van der Waals surface area contributed by atoms with E-state index in [4.69, 9.17) is 23.7 Å². The number of carbonyl (C=O) groups excluding carboxylic acids is 10. The first-order valence-corrected chi connectivity index (χ1v) is 51.1. The van der Waals surface area contributed by atoms with Crippen LogP contribution in [0.25, 0.3) is 6.08 Å². The van der Waals surface area contributed by atoms with Gasteiger partial charge in [0.25, 0.3) is 0 Å². The van der Waals surface area contributed by atoms with Crippen molar-refractivity contribution in [2.45, 2.75) is 201 Å². The molecule has 51 heteroatoms. The summed E-state index contributed by atoms with van der Waals surface area (Å²) >= 11 is 11.1. The smallest absolute Gasteiger partial charge is 0.417 e. The summed E-state index contributed by atoms with van der Waals surface area (Å²) in [6.45, 7) is 25.7. The number of nitro groups is 1. The molecule has 12 aromatic rings. The molecular weight excluding hydrogens is 2170 g/mol. The number of aromatic nitrogens is 12. The Labute approximate surface area is 877 Å². The Morgan fingerprint density at radius 2 is 1.01 bits per heavy atom. The van der Waals surface area contributed by atoms with Gasteiger partial charge in [0.2, 0.25) is 30.2 Å². The van der Waals surface area contributed by atoms with E-state index in [0.29, 0.717) is 93.8 Å². The largest absolute Gasteiger partial charge is 0.466 e. The molecule has 2 N–H and O–H groups in total. The van der Waals surface area contributed by atoms with E-state index >= 15 is 0 Å². The fourth-order valence-electron chi connectivity index (χ4n) is 15.0. The van der Waals surface area contributed by atoms with Crippen LogP contribution < -0.4 is 25.2 Å². The molecule has 0 saturated carbocycles. The summed E-state index contributed by atoms with van der Waals surface area (Å²) in [7, 11) is 0. The monoisotopic (exact) mass is 2270 g/mol. The average Bonchev–Trinajstić information content (AvgIpc) is 1.62. The van der Waals surface area contributed by atoms with Crippen LogP contribution in [-0.4, -0.2) is 208 Å². The molecule has 6 aliphatic rings. The summed E-state index contributed by atoms with van der Waals surface area (Å²) in [6.07, 6.45) is 19.1. The van der Waals surface area contributed by atoms with Crippen molar-refractivity contribution >= 4 is 174 Å². The van der Waals surface area contributed by atoms with Gasteiger partial charge in [0.05, 0.1) is 178 Å². The number of ether oxygens (including phenoxy) is 5. The number of nitrogens with zero attached hydrogens (tertiary/aromatic N) is 18. The number of fused-ring (bicyclic) bond motifs is 3. The van der Waals surface area contributed by atoms with Crippen LogP contribution in [0.5, 0.6) is 5.75 Å². The Hall–Kier alpha value is -12.7. The van der Waals surface area contributed by atoms with Crippen molar-refractivity contribution in [2.75, 3.05) is 54.5 Å². The van der Waals surface area contributed by atoms with Crippen molar-refractivity contribution in [1.29, 1.82) is 0 Å². The van der Waals surface area contributed by atoms with Crippen molar-refractivity contribution < 1.29 is 120 Å². The number of nitrogens with one attached hydrogen (secondary N) is 2. The molecule has 0 aliphatic carbocycles. The van der Waals surface area contributed by atoms with E-state index in [9.17, 15) is 84.4 Å². The van der Waals surface area contributed by atoms with Crippen molar-refractivity contribution in [3.8, 4) is 5.75 Å². The first-order chi connectivity index (χ1) is 68.6. The summed E-state index contributed by atoms with van der Waals surface area (Å²) < 4.78 is 111. The van der Waals surface area contributed by atoms with Gasteiger partial charge in [0.15, 0.2) is 41.2 Å². The molecule has 3 saturated heterocycles. The third-order valence-corrected chi connectivity index (χ3v) is 27.9. The van der Waals surface area contributed by atoms with Crippen molar-refractivity contribution in [1.82, 2.24) is 79.3 Å². The summed E-state index contributed by atoms with van der Waals surface area (Å²) in [5, 5.41) is 28.6. The number of amides is 7. The molecule has 15 heterocycles. The van der Waals surface area contributed by atoms with E-state index in [-0.39, 0.29) is 138 Å². The number of aldehydes is 1. The van der Waals surface area contributed by atoms with Gasteiger partial charge < -0.3 is 43.7 Å². The van der Waals surface area contributed by atoms with Gasteiger partial charge in [-0.3, -0.25) is 97.9 Å². The molecule has 3 aromatic carbocycles. The van der Waals surface area contributed by atoms with Crippen LogP contribution in [0.2, 0.25) is 0 Å². The van der Waals surface area contributed by atoms with Crippen LogP contribution in [-0.2, 0) is 110 Å². The number of rotatable bonds is 19. The quantitative estimate of drug-likeness (QED) is 0.00725. The minimum Gasteiger partial charge on any atom is -0.466 e. The Bertz CT molecular complexity index is 6320. The number of hydrogen-bond acceptors (Lipinski definition) is 32. The molecule has 0 spiro atoms. The number of carbonyl (C=O) groups is 10. The molecule has 0 radical (unpaired) electrons. The van der Waals surface area contributed by atoms with Crippen LogP contribution in [0.1, 0.15) is 182 Å². The van der Waals surface area contributed by atoms with Crippen molar-refractivity contribution in [3.63, 3.8) is 0 Å². The van der Waals surface area contributed by atoms with E-state index in [1.54, 1.807) is 154 Å². The molecule has 37 nitrogen and oxygen atoms in total. The zero-order valence-electron chi connectivity index (χ0n) is 80.1. The molecule has 9 aromatic heterocycles. The summed E-state index contributed by atoms with van der Waals surface area (Å²) in [6, 6.07) is 10.9. The molecule has 7 atom stereocenters. The maximum atomic E-state index is 13.6. The third-order valence-electron chi connectivity index (χ3n) is 21.8. The van der Waals surface area contributed by atoms with Crippen LogP contribution in [0, 0.1) is 48.6 Å². The number of anilines is 3. The number of halogens is 7. The number of hydrogen-bond donors (Lipinski definition) is 2. The Morgan fingerprint density at radius 3 is 1.46 bits per heavy atom. The van der Waals surface area contributed by atoms with Crippen molar-refractivity contribution in [3.05, 3.63) is 250 Å². The van der Waals surface area contributed by atoms with E-state index < -0.39 is 69.0 Å². The predicted molar refractivity (Wildman–Crippen MR) is 534 cm³/mol. The van der Waals surface area contributed by atoms with Crippen LogP contribution in [0.15, 0.2) is 150 Å². The second kappa shape index (κ2) is 54.0. The van der Waals surface area contributed by atoms with Crippen LogP contribution >= 0.6 is 90.6 Å². The molecule has 6 aliphatic heterocycles. The van der Waals surface area contributed by atoms with Gasteiger partial charge in [0, 0.05) is 164 Å². The zero-order valence-corrected chi connectivity index (χ0v) is 88.3. The standard InChI is InChI=1S/C22H20F3N5O2S.C19H25N5O3S.C13H8F3NO2.C12H18IN3O2.C9H12N2O4S.C8H9NO2S.C7H8N2OS.C4H3NOS.Fe/c1-12-8-30-18(10-28(12)20(31)4-13-2-15(23)22(25)16(24)3-13)17(6-27-30)29-9-14(5-21(29)32)19-7-26-11-33-19;1-12-8-24-15(10-22(12)18(26)27-19(2,3)4)14(6-21-24)23-9-13(5-17(23)25)16-7-20-11-28-16;14-10-6-8(7-11(15)12(10)16)17-13(18)19-9-4-2-1-3-5-9;1-8-6-16-10(9(13)5-14-16)7-15(8)11(17)18-12(2,3)4;1-2-15-9(12)3-7(5-11(13)14)8-4-10-6-16-8;1-2-11-8(10)4-3-7-5-9-6-12-7;10-7-1-5(2-9-7)6-3-8-4-11-6;6-2-4-1-5-3-7-4;/h2-3,6-7,11-12,14H,4-5,8-10H2,1H3;6-7,11-13H,5,8-10H2,1-4H3;1-7H,(H,17,18);5,8H,6-7H2,1-4H3;4,6-7H,2-3,5H2,1H3;3-6H,2H2,1H3;3-5H,1-2H2,(H,9,10);1-3H;/b;;;;;4-3+;;;/t12-,14?;12-,13?;;8-;;;;;/m00.0...../s1. The maximum Gasteiger partial charge on any atom is 0.417 e. The number of thiazole rings is 6. The van der Waals surface area contributed by atoms with E-state index in [2.05, 4.69) is 78.4 Å². The topological polar surface area (TPSA) is 431 Å². The normalized spacial score (nSPS) is 17.1. The first kappa shape index (κ1) is 114. The van der Waals surface area contributed by atoms with Gasteiger partial charge in [0.1, 0.15) is 17.0 Å². The molecule has 7 amide bonds.